The number of aliphatic hydroxyl groups excluding tert-OH is 1. The molecule has 0 saturated heterocycles. The number of phenolic OH excluding ortho intramolecular Hbond substituents is 1. The van der Waals surface area contributed by atoms with Gasteiger partial charge in [0, 0.05) is 6.54 Å². The number of hydrogen-bond acceptors (Lipinski definition) is 4. The molecule has 3 N–H and O–H groups in total. The molecule has 1 unspecified atom stereocenters. The molecule has 0 saturated carbocycles. The standard InChI is InChI=1S/C19H20F3NO4/c1-11(2)13-5-8-16(24)15(9-13)18(26)23-10-17(25)12-3-6-14(7-4-12)27-19(20,21)22/h3-9,11,17,24-25H,10H2,1-2H3,(H,23,26). The zero-order valence-corrected chi connectivity index (χ0v) is 14.7. The number of aromatic hydroxyl groups is 1. The van der Waals surface area contributed by atoms with Gasteiger partial charge in [-0.15, -0.1) is 13.2 Å². The first-order valence-electron chi connectivity index (χ1n) is 8.21. The van der Waals surface area contributed by atoms with Gasteiger partial charge in [-0.3, -0.25) is 4.79 Å². The number of hydrogen-bond donors (Lipinski definition) is 3. The van der Waals surface area contributed by atoms with Crippen molar-refractivity contribution >= 4 is 5.91 Å². The minimum atomic E-state index is -4.79. The van der Waals surface area contributed by atoms with E-state index in [1.165, 1.54) is 18.2 Å². The molecular weight excluding hydrogens is 363 g/mol. The van der Waals surface area contributed by atoms with Gasteiger partial charge in [0.15, 0.2) is 0 Å². The molecule has 0 aromatic heterocycles. The van der Waals surface area contributed by atoms with Crippen LogP contribution in [0.25, 0.3) is 0 Å². The van der Waals surface area contributed by atoms with E-state index < -0.39 is 24.1 Å². The maximum Gasteiger partial charge on any atom is 0.573 e. The highest BCUT2D eigenvalue weighted by Crippen LogP contribution is 2.25. The van der Waals surface area contributed by atoms with E-state index in [1.54, 1.807) is 12.1 Å². The normalized spacial score (nSPS) is 12.7. The van der Waals surface area contributed by atoms with Crippen molar-refractivity contribution in [1.29, 1.82) is 0 Å². The molecule has 5 nitrogen and oxygen atoms in total. The van der Waals surface area contributed by atoms with E-state index in [9.17, 15) is 28.2 Å². The van der Waals surface area contributed by atoms with Crippen LogP contribution in [0.2, 0.25) is 0 Å². The third kappa shape index (κ3) is 5.89. The molecule has 0 aliphatic rings. The first-order chi connectivity index (χ1) is 12.6. The van der Waals surface area contributed by atoms with Crippen LogP contribution in [0.1, 0.15) is 47.4 Å². The van der Waals surface area contributed by atoms with E-state index >= 15 is 0 Å². The van der Waals surface area contributed by atoms with Gasteiger partial charge in [0.2, 0.25) is 0 Å². The maximum absolute atomic E-state index is 12.3. The van der Waals surface area contributed by atoms with Crippen LogP contribution in [0.5, 0.6) is 11.5 Å². The van der Waals surface area contributed by atoms with E-state index in [0.717, 1.165) is 17.7 Å². The molecule has 27 heavy (non-hydrogen) atoms. The number of halogens is 3. The molecule has 0 heterocycles. The van der Waals surface area contributed by atoms with Crippen LogP contribution in [0.15, 0.2) is 42.5 Å². The Labute approximate surface area is 154 Å². The Hall–Kier alpha value is -2.74. The van der Waals surface area contributed by atoms with E-state index in [-0.39, 0.29) is 23.8 Å². The van der Waals surface area contributed by atoms with Crippen molar-refractivity contribution < 1.29 is 32.9 Å². The highest BCUT2D eigenvalue weighted by molar-refractivity contribution is 5.97. The molecule has 2 aromatic carbocycles. The van der Waals surface area contributed by atoms with Crippen LogP contribution in [-0.2, 0) is 0 Å². The summed E-state index contributed by atoms with van der Waals surface area (Å²) in [4.78, 5) is 12.3. The molecule has 0 radical (unpaired) electrons. The molecule has 8 heteroatoms. The molecule has 1 amide bonds. The summed E-state index contributed by atoms with van der Waals surface area (Å²) in [5, 5.41) is 22.5. The third-order valence-electron chi connectivity index (χ3n) is 3.89. The SMILES string of the molecule is CC(C)c1ccc(O)c(C(=O)NCC(O)c2ccc(OC(F)(F)F)cc2)c1. The fraction of sp³-hybridized carbons (Fsp3) is 0.316. The summed E-state index contributed by atoms with van der Waals surface area (Å²) in [6, 6.07) is 9.42. The zero-order valence-electron chi connectivity index (χ0n) is 14.7. The Morgan fingerprint density at radius 2 is 1.70 bits per heavy atom. The second kappa shape index (κ2) is 8.30. The first kappa shape index (κ1) is 20.6. The fourth-order valence-corrected chi connectivity index (χ4v) is 2.39. The maximum atomic E-state index is 12.3. The van der Waals surface area contributed by atoms with Crippen molar-refractivity contribution in [2.75, 3.05) is 6.54 Å². The summed E-state index contributed by atoms with van der Waals surface area (Å²) in [6.07, 6.45) is -5.93. The minimum absolute atomic E-state index is 0.0855. The number of alkyl halides is 3. The molecule has 1 atom stereocenters. The molecule has 0 aliphatic carbocycles. The molecule has 146 valence electrons. The van der Waals surface area contributed by atoms with Crippen LogP contribution in [0, 0.1) is 0 Å². The van der Waals surface area contributed by atoms with Crippen molar-refractivity contribution in [2.24, 2.45) is 0 Å². The number of amides is 1. The Bertz CT molecular complexity index is 789. The van der Waals surface area contributed by atoms with Crippen LogP contribution < -0.4 is 10.1 Å². The van der Waals surface area contributed by atoms with Gasteiger partial charge in [-0.2, -0.15) is 0 Å². The van der Waals surface area contributed by atoms with Gasteiger partial charge in [0.25, 0.3) is 5.91 Å². The van der Waals surface area contributed by atoms with Crippen molar-refractivity contribution in [3.8, 4) is 11.5 Å². The quantitative estimate of drug-likeness (QED) is 0.707. The van der Waals surface area contributed by atoms with Crippen LogP contribution >= 0.6 is 0 Å². The smallest absolute Gasteiger partial charge is 0.507 e. The number of rotatable bonds is 6. The average Bonchev–Trinajstić information content (AvgIpc) is 2.58. The fourth-order valence-electron chi connectivity index (χ4n) is 2.39. The summed E-state index contributed by atoms with van der Waals surface area (Å²) >= 11 is 0. The van der Waals surface area contributed by atoms with Gasteiger partial charge in [-0.1, -0.05) is 32.0 Å². The average molecular weight is 383 g/mol. The summed E-state index contributed by atoms with van der Waals surface area (Å²) < 4.78 is 40.2. The summed E-state index contributed by atoms with van der Waals surface area (Å²) in [5.74, 6) is -0.982. The number of ether oxygens (including phenoxy) is 1. The molecule has 2 aromatic rings. The third-order valence-corrected chi connectivity index (χ3v) is 3.89. The molecule has 0 bridgehead atoms. The van der Waals surface area contributed by atoms with Gasteiger partial charge < -0.3 is 20.3 Å². The summed E-state index contributed by atoms with van der Waals surface area (Å²) in [7, 11) is 0. The Balaban J connectivity index is 2.00. The van der Waals surface area contributed by atoms with Gasteiger partial charge in [0.1, 0.15) is 11.5 Å². The van der Waals surface area contributed by atoms with E-state index in [1.807, 2.05) is 13.8 Å². The predicted molar refractivity (Wildman–Crippen MR) is 92.6 cm³/mol. The lowest BCUT2D eigenvalue weighted by molar-refractivity contribution is -0.274. The highest BCUT2D eigenvalue weighted by atomic mass is 19.4. The molecular formula is C19H20F3NO4. The molecule has 0 fully saturated rings. The summed E-state index contributed by atoms with van der Waals surface area (Å²) in [6.45, 7) is 3.72. The number of benzene rings is 2. The van der Waals surface area contributed by atoms with Crippen molar-refractivity contribution in [1.82, 2.24) is 5.32 Å². The van der Waals surface area contributed by atoms with Crippen LogP contribution in [0.4, 0.5) is 13.2 Å². The molecule has 2 rings (SSSR count). The van der Waals surface area contributed by atoms with Crippen molar-refractivity contribution in [3.05, 3.63) is 59.2 Å². The van der Waals surface area contributed by atoms with Crippen molar-refractivity contribution in [3.63, 3.8) is 0 Å². The second-order valence-electron chi connectivity index (χ2n) is 6.27. The van der Waals surface area contributed by atoms with Crippen LogP contribution in [0.3, 0.4) is 0 Å². The lowest BCUT2D eigenvalue weighted by atomic mass is 10.00. The summed E-state index contributed by atoms with van der Waals surface area (Å²) in [5.41, 5.74) is 1.27. The lowest BCUT2D eigenvalue weighted by Crippen LogP contribution is -2.28. The molecule has 0 spiro atoms. The Morgan fingerprint density at radius 3 is 2.26 bits per heavy atom. The Kier molecular flexibility index (Phi) is 6.32. The molecule has 0 aliphatic heterocycles. The largest absolute Gasteiger partial charge is 0.573 e. The number of aliphatic hydroxyl groups is 1. The number of phenols is 1. The van der Waals surface area contributed by atoms with E-state index in [0.29, 0.717) is 5.56 Å². The number of carbonyl (C=O) groups is 1. The minimum Gasteiger partial charge on any atom is -0.507 e. The highest BCUT2D eigenvalue weighted by Gasteiger charge is 2.31. The van der Waals surface area contributed by atoms with Crippen LogP contribution in [-0.4, -0.2) is 29.0 Å². The number of nitrogens with one attached hydrogen (secondary N) is 1. The van der Waals surface area contributed by atoms with Gasteiger partial charge in [-0.05, 0) is 41.3 Å². The zero-order chi connectivity index (χ0) is 20.2. The first-order valence-corrected chi connectivity index (χ1v) is 8.21. The van der Waals surface area contributed by atoms with Gasteiger partial charge in [0.05, 0.1) is 11.7 Å². The van der Waals surface area contributed by atoms with E-state index in [4.69, 9.17) is 0 Å². The van der Waals surface area contributed by atoms with Gasteiger partial charge in [-0.25, -0.2) is 0 Å². The van der Waals surface area contributed by atoms with E-state index in [2.05, 4.69) is 10.1 Å². The second-order valence-corrected chi connectivity index (χ2v) is 6.27. The number of carbonyl (C=O) groups excluding carboxylic acids is 1. The predicted octanol–water partition coefficient (Wildman–Crippen LogP) is 3.88. The Morgan fingerprint density at radius 1 is 1.11 bits per heavy atom. The van der Waals surface area contributed by atoms with Crippen molar-refractivity contribution in [2.45, 2.75) is 32.2 Å². The topological polar surface area (TPSA) is 78.8 Å². The monoisotopic (exact) mass is 383 g/mol. The lowest BCUT2D eigenvalue weighted by Gasteiger charge is -2.15. The van der Waals surface area contributed by atoms with Gasteiger partial charge >= 0.3 is 6.36 Å².